The third-order valence-corrected chi connectivity index (χ3v) is 27.3. The molecule has 2 aliphatic heterocycles. The van der Waals surface area contributed by atoms with E-state index in [2.05, 4.69) is 70.4 Å². The zero-order chi connectivity index (χ0) is 95.9. The van der Waals surface area contributed by atoms with Crippen molar-refractivity contribution in [2.75, 3.05) is 99.2 Å². The number of fused-ring (bicyclic) bond motifs is 3. The first-order valence-corrected chi connectivity index (χ1v) is 47.9. The van der Waals surface area contributed by atoms with Gasteiger partial charge in [-0.15, -0.1) is 0 Å². The molecule has 2 aliphatic carbocycles. The smallest absolute Gasteiger partial charge is 0.296 e. The fourth-order valence-electron chi connectivity index (χ4n) is 15.1. The fraction of sp³-hybridized carbons (Fsp3) is 0.435. The number of nitrogens with two attached hydrogens (primary N) is 2. The first kappa shape index (κ1) is 102. The summed E-state index contributed by atoms with van der Waals surface area (Å²) in [5.74, 6) is -11.8. The number of anilines is 6. The number of carbonyl (C=O) groups excluding carboxylic acids is 14. The summed E-state index contributed by atoms with van der Waals surface area (Å²) in [7, 11) is -18.5. The number of nitrogen functional groups attached to an aromatic ring is 2. The van der Waals surface area contributed by atoms with Crippen LogP contribution in [0.15, 0.2) is 128 Å². The van der Waals surface area contributed by atoms with Gasteiger partial charge in [-0.1, -0.05) is 76.7 Å². The Morgan fingerprint density at radius 2 is 0.862 bits per heavy atom. The van der Waals surface area contributed by atoms with E-state index < -0.39 is 239 Å². The molecule has 5 aromatic rings. The van der Waals surface area contributed by atoms with Crippen LogP contribution in [-0.4, -0.2) is 260 Å². The Bertz CT molecular complexity index is 5860. The van der Waals surface area contributed by atoms with Gasteiger partial charge in [0.15, 0.2) is 42.8 Å². The van der Waals surface area contributed by atoms with Gasteiger partial charge in [-0.2, -0.15) is 16.8 Å². The predicted octanol–water partition coefficient (Wildman–Crippen LogP) is 1.23. The van der Waals surface area contributed by atoms with Crippen LogP contribution in [0.5, 0.6) is 0 Å². The van der Waals surface area contributed by atoms with Crippen LogP contribution in [0, 0.1) is 11.8 Å². The first-order valence-electron chi connectivity index (χ1n) is 41.7. The number of carbonyl (C=O) groups is 14. The Hall–Kier alpha value is -12.2. The lowest BCUT2D eigenvalue weighted by Crippen LogP contribution is -2.58. The molecule has 702 valence electrons. The van der Waals surface area contributed by atoms with Crippen molar-refractivity contribution in [1.82, 2.24) is 63.0 Å². The molecule has 0 saturated carbocycles. The number of ether oxygens (including phenoxy) is 1. The summed E-state index contributed by atoms with van der Waals surface area (Å²) in [6, 6.07) is 8.83. The number of allylic oxidation sites excluding steroid dienone is 3. The topological polar surface area (TPSA) is 628 Å². The van der Waals surface area contributed by atoms with Crippen LogP contribution >= 0.6 is 0 Å². The van der Waals surface area contributed by atoms with Crippen molar-refractivity contribution in [3.63, 3.8) is 0 Å². The Labute approximate surface area is 751 Å². The van der Waals surface area contributed by atoms with Gasteiger partial charge in [0.25, 0.3) is 20.2 Å². The highest BCUT2D eigenvalue weighted by Gasteiger charge is 2.43. The zero-order valence-corrected chi connectivity index (χ0v) is 76.1. The second kappa shape index (κ2) is 43.5. The van der Waals surface area contributed by atoms with Gasteiger partial charge in [0.2, 0.25) is 59.1 Å². The van der Waals surface area contributed by atoms with Crippen LogP contribution in [0.1, 0.15) is 153 Å². The summed E-state index contributed by atoms with van der Waals surface area (Å²) in [5, 5.41) is 32.5. The van der Waals surface area contributed by atoms with Crippen LogP contribution in [0.4, 0.5) is 34.1 Å². The molecule has 2 fully saturated rings. The summed E-state index contributed by atoms with van der Waals surface area (Å²) in [5.41, 5.74) is 8.42. The number of likely N-dealkylation sites (tertiary alicyclic amines) is 2. The van der Waals surface area contributed by atoms with E-state index >= 15 is 0 Å². The van der Waals surface area contributed by atoms with Crippen molar-refractivity contribution in [3.8, 4) is 0 Å². The van der Waals surface area contributed by atoms with E-state index in [9.17, 15) is 110 Å². The van der Waals surface area contributed by atoms with Crippen LogP contribution in [0.3, 0.4) is 0 Å². The minimum absolute atomic E-state index is 0.00248. The lowest BCUT2D eigenvalue weighted by atomic mass is 9.82. The van der Waals surface area contributed by atoms with Gasteiger partial charge in [-0.3, -0.25) is 76.2 Å². The number of rotatable bonds is 43. The Morgan fingerprint density at radius 1 is 0.477 bits per heavy atom. The van der Waals surface area contributed by atoms with E-state index in [4.69, 9.17) is 16.2 Å². The third-order valence-electron chi connectivity index (χ3n) is 22.1. The Kier molecular flexibility index (Phi) is 33.9. The number of hydrogen-bond donors (Lipinski definition) is 16. The van der Waals surface area contributed by atoms with E-state index in [0.717, 1.165) is 24.3 Å². The molecular weight excluding hydrogens is 1770 g/mol. The lowest BCUT2D eigenvalue weighted by molar-refractivity contribution is -0.142. The van der Waals surface area contributed by atoms with Gasteiger partial charge in [0, 0.05) is 98.8 Å². The molecule has 0 bridgehead atoms. The maximum atomic E-state index is 13.9. The molecule has 2 saturated heterocycles. The number of nitrogens with one attached hydrogen (secondary N) is 12. The SMILES string of the molecule is C=CC1=C(C)C(=O)c2c(Nc3cccc(S(=O)(=O)CCNC(=O)C(NC(=O)C4CCCN4C(=O)C(C)NC(=O)C(C)NC(=O)CCNCCOCCNCCC(=O)NC(C)C(=O)NC(C)C(=O)N4CCCC4C(=O)NC(C(=O)NCCS(=O)(=O)c4cccc(Nc5cc(S(=O)(=O)O)c(N)c6c5C(=O)c5ccccc5C6=O)c4)C(C)C)C(C)C)c3)cc(S(=O)(=O)O)c(N)c2C1=O. The number of hydrogen-bond acceptors (Lipinski definition) is 29. The van der Waals surface area contributed by atoms with Gasteiger partial charge < -0.3 is 89.8 Å². The summed E-state index contributed by atoms with van der Waals surface area (Å²) in [6.07, 6.45) is 2.30. The molecule has 18 N–H and O–H groups in total. The Morgan fingerprint density at radius 3 is 1.25 bits per heavy atom. The van der Waals surface area contributed by atoms with Gasteiger partial charge in [-0.25, -0.2) is 16.8 Å². The summed E-state index contributed by atoms with van der Waals surface area (Å²) >= 11 is 0. The standard InChI is InChI=1S/C85H108N16O25S4/c1-11-55-46(6)74(104)66-58(42-62(129(120,121)122)70(86)68(66)75(55)105)96-51-18-14-20-53(40-51)127(116,117)38-32-90-82(112)72(44(2)3)98-80(110)60-24-16-34-100(60)84(114)49(9)94-78(108)47(7)92-64(102)26-28-88-30-36-126-37-31-89-29-27-65(103)93-48(8)79(109)95-50(10)85(115)101-35-17-25-61(101)81(111)99-73(45(4)5)83(113)91-33-39-128(118,119)54-21-15-19-52(41-54)97-59-43-63(130(123,124)125)71(87)69-67(59)76(106)56-22-12-13-23-57(56)77(69)107/h11-15,18-23,40-45,47-50,60-61,72-73,88-89,96-97H,1,16-17,24-39,86-87H2,2-10H3,(H,90,112)(H,91,113)(H,92,102)(H,93,103)(H,94,108)(H,95,109)(H,98,110)(H,99,111)(H,120,121,122)(H,123,124,125). The number of benzene rings is 5. The van der Waals surface area contributed by atoms with Crippen LogP contribution in [-0.2, 0) is 92.6 Å². The summed E-state index contributed by atoms with van der Waals surface area (Å²) in [6.45, 7) is 18.2. The minimum atomic E-state index is -5.07. The molecule has 0 radical (unpaired) electrons. The average molecular weight is 1880 g/mol. The van der Waals surface area contributed by atoms with E-state index in [-0.39, 0.29) is 131 Å². The van der Waals surface area contributed by atoms with E-state index in [1.54, 1.807) is 27.7 Å². The highest BCUT2D eigenvalue weighted by molar-refractivity contribution is 7.91. The van der Waals surface area contributed by atoms with Crippen LogP contribution in [0.2, 0.25) is 0 Å². The third kappa shape index (κ3) is 24.6. The molecular formula is C85H108N16O25S4. The monoisotopic (exact) mass is 1880 g/mol. The number of sulfone groups is 2. The highest BCUT2D eigenvalue weighted by Crippen LogP contribution is 2.43. The van der Waals surface area contributed by atoms with Crippen molar-refractivity contribution in [3.05, 3.63) is 142 Å². The summed E-state index contributed by atoms with van der Waals surface area (Å²) in [4.78, 5) is 190. The number of ketones is 4. The molecule has 130 heavy (non-hydrogen) atoms. The maximum absolute atomic E-state index is 13.9. The van der Waals surface area contributed by atoms with Gasteiger partial charge >= 0.3 is 0 Å². The van der Waals surface area contributed by atoms with Crippen molar-refractivity contribution < 1.29 is 115 Å². The number of nitrogens with zero attached hydrogens (tertiary/aromatic N) is 2. The van der Waals surface area contributed by atoms with Gasteiger partial charge in [-0.05, 0) is 121 Å². The Balaban J connectivity index is 0.616. The van der Waals surface area contributed by atoms with Crippen molar-refractivity contribution in [2.24, 2.45) is 11.8 Å². The molecule has 9 rings (SSSR count). The van der Waals surface area contributed by atoms with Crippen LogP contribution < -0.4 is 75.3 Å². The molecule has 8 unspecified atom stereocenters. The zero-order valence-electron chi connectivity index (χ0n) is 72.8. The van der Waals surface area contributed by atoms with E-state index in [1.165, 1.54) is 111 Å². The molecule has 0 aromatic heterocycles. The largest absolute Gasteiger partial charge is 0.397 e. The molecule has 41 nitrogen and oxygen atoms in total. The van der Waals surface area contributed by atoms with Crippen molar-refractivity contribution in [1.29, 1.82) is 0 Å². The molecule has 0 spiro atoms. The molecule has 4 aliphatic rings. The predicted molar refractivity (Wildman–Crippen MR) is 475 cm³/mol. The minimum Gasteiger partial charge on any atom is -0.397 e. The van der Waals surface area contributed by atoms with Gasteiger partial charge in [0.1, 0.15) is 58.1 Å². The molecule has 2 heterocycles. The summed E-state index contributed by atoms with van der Waals surface area (Å²) < 4.78 is 130. The lowest BCUT2D eigenvalue weighted by Gasteiger charge is -2.30. The van der Waals surface area contributed by atoms with Crippen molar-refractivity contribution in [2.45, 2.75) is 169 Å². The number of amides is 10. The second-order valence-corrected chi connectivity index (χ2v) is 39.2. The number of Topliss-reactive ketones (excluding diaryl/α,β-unsaturated/α-hetero) is 2. The molecule has 10 amide bonds. The molecule has 45 heteroatoms. The fourth-order valence-corrected chi connectivity index (χ4v) is 18.8. The van der Waals surface area contributed by atoms with Crippen molar-refractivity contribution >= 4 is 156 Å². The molecule has 8 atom stereocenters. The molecule has 5 aromatic carbocycles. The van der Waals surface area contributed by atoms with E-state index in [0.29, 0.717) is 25.9 Å². The quantitative estimate of drug-likeness (QED) is 0.0145. The van der Waals surface area contributed by atoms with Crippen LogP contribution in [0.25, 0.3) is 0 Å². The highest BCUT2D eigenvalue weighted by atomic mass is 32.2. The average Bonchev–Trinajstić information content (AvgIpc) is 0.905. The van der Waals surface area contributed by atoms with Gasteiger partial charge in [0.05, 0.1) is 79.5 Å². The second-order valence-electron chi connectivity index (χ2n) is 32.2. The first-order chi connectivity index (χ1) is 61.1. The van der Waals surface area contributed by atoms with E-state index in [1.807, 2.05) is 0 Å². The maximum Gasteiger partial charge on any atom is 0.296 e. The normalized spacial score (nSPS) is 16.5.